The molecule has 9 heteroatoms. The third kappa shape index (κ3) is 5.25. The van der Waals surface area contributed by atoms with E-state index in [1.165, 1.54) is 0 Å². The topological polar surface area (TPSA) is 105 Å². The molecule has 0 saturated carbocycles. The van der Waals surface area contributed by atoms with E-state index in [1.807, 2.05) is 20.8 Å². The van der Waals surface area contributed by atoms with E-state index in [0.717, 1.165) is 23.1 Å². The van der Waals surface area contributed by atoms with Crippen LogP contribution in [0.3, 0.4) is 0 Å². The van der Waals surface area contributed by atoms with Gasteiger partial charge in [-0.2, -0.15) is 0 Å². The first-order valence-corrected chi connectivity index (χ1v) is 9.86. The first-order chi connectivity index (χ1) is 12.2. The molecule has 0 bridgehead atoms. The number of thiazole rings is 1. The van der Waals surface area contributed by atoms with Gasteiger partial charge in [0.1, 0.15) is 17.2 Å². The van der Waals surface area contributed by atoms with Gasteiger partial charge >= 0.3 is 5.30 Å². The van der Waals surface area contributed by atoms with Crippen LogP contribution in [0.15, 0.2) is 16.5 Å². The number of Topliss-reactive ketones (excluding diaryl/α,β-unsaturated/α-hetero) is 1. The minimum Gasteiger partial charge on any atom is -0.464 e. The number of carbonyl (C=O) groups is 2. The summed E-state index contributed by atoms with van der Waals surface area (Å²) in [6, 6.07) is 3.33. The summed E-state index contributed by atoms with van der Waals surface area (Å²) in [6.45, 7) is 7.90. The lowest BCUT2D eigenvalue weighted by Crippen LogP contribution is -2.19. The molecule has 0 radical (unpaired) electrons. The van der Waals surface area contributed by atoms with Crippen LogP contribution in [0.1, 0.15) is 37.4 Å². The largest absolute Gasteiger partial charge is 0.464 e. The number of ether oxygens (including phenoxy) is 2. The van der Waals surface area contributed by atoms with Crippen molar-refractivity contribution >= 4 is 39.3 Å². The maximum absolute atomic E-state index is 12.6. The normalized spacial score (nSPS) is 11.4. The number of nitrogens with two attached hydrogens (primary N) is 1. The van der Waals surface area contributed by atoms with Crippen LogP contribution in [-0.4, -0.2) is 35.0 Å². The van der Waals surface area contributed by atoms with Gasteiger partial charge in [-0.05, 0) is 24.8 Å². The van der Waals surface area contributed by atoms with E-state index in [1.54, 1.807) is 19.1 Å². The minimum absolute atomic E-state index is 0.0496. The van der Waals surface area contributed by atoms with Crippen LogP contribution in [0.5, 0.6) is 5.95 Å². The first kappa shape index (κ1) is 20.3. The molecule has 142 valence electrons. The molecule has 2 N–H and O–H groups in total. The van der Waals surface area contributed by atoms with Crippen LogP contribution in [0.4, 0.5) is 9.93 Å². The fraction of sp³-hybridized carbons (Fsp3) is 0.471. The van der Waals surface area contributed by atoms with Crippen molar-refractivity contribution in [2.45, 2.75) is 27.7 Å². The fourth-order valence-electron chi connectivity index (χ4n) is 1.95. The molecule has 0 unspecified atom stereocenters. The zero-order chi connectivity index (χ0) is 19.3. The summed E-state index contributed by atoms with van der Waals surface area (Å²) in [5.41, 5.74) is 5.66. The van der Waals surface area contributed by atoms with Gasteiger partial charge in [-0.1, -0.05) is 32.1 Å². The van der Waals surface area contributed by atoms with E-state index in [4.69, 9.17) is 19.6 Å². The molecular formula is C17H22N2O5S2. The molecule has 2 aromatic heterocycles. The van der Waals surface area contributed by atoms with Gasteiger partial charge in [-0.3, -0.25) is 4.79 Å². The molecule has 7 nitrogen and oxygen atoms in total. The van der Waals surface area contributed by atoms with Gasteiger partial charge in [0.2, 0.25) is 0 Å². The number of carbonyl (C=O) groups excluding carboxylic acids is 2. The maximum atomic E-state index is 12.6. The molecule has 0 spiro atoms. The zero-order valence-corrected chi connectivity index (χ0v) is 16.8. The van der Waals surface area contributed by atoms with Crippen LogP contribution in [0.2, 0.25) is 0 Å². The molecule has 2 aromatic rings. The van der Waals surface area contributed by atoms with Crippen molar-refractivity contribution < 1.29 is 23.5 Å². The number of furan rings is 1. The number of rotatable bonds is 7. The molecule has 0 fully saturated rings. The zero-order valence-electron chi connectivity index (χ0n) is 15.2. The number of hydrogen-bond acceptors (Lipinski definition) is 9. The van der Waals surface area contributed by atoms with Crippen molar-refractivity contribution in [3.63, 3.8) is 0 Å². The number of ketones is 1. The lowest BCUT2D eigenvalue weighted by atomic mass is 9.89. The van der Waals surface area contributed by atoms with E-state index in [0.29, 0.717) is 33.8 Å². The quantitative estimate of drug-likeness (QED) is 0.413. The number of nitrogen functional groups attached to an aromatic ring is 1. The van der Waals surface area contributed by atoms with Gasteiger partial charge in [-0.25, -0.2) is 9.78 Å². The van der Waals surface area contributed by atoms with E-state index in [9.17, 15) is 9.59 Å². The van der Waals surface area contributed by atoms with Gasteiger partial charge < -0.3 is 19.6 Å². The predicted molar refractivity (Wildman–Crippen MR) is 103 cm³/mol. The Morgan fingerprint density at radius 3 is 2.73 bits per heavy atom. The van der Waals surface area contributed by atoms with Crippen LogP contribution in [0.25, 0.3) is 11.5 Å². The maximum Gasteiger partial charge on any atom is 0.367 e. The monoisotopic (exact) mass is 398 g/mol. The average Bonchev–Trinajstić information content (AvgIpc) is 3.16. The van der Waals surface area contributed by atoms with Crippen LogP contribution >= 0.6 is 23.1 Å². The summed E-state index contributed by atoms with van der Waals surface area (Å²) in [6.07, 6.45) is 0. The summed E-state index contributed by atoms with van der Waals surface area (Å²) in [4.78, 5) is 28.5. The molecular weight excluding hydrogens is 376 g/mol. The van der Waals surface area contributed by atoms with Crippen LogP contribution in [-0.2, 0) is 4.74 Å². The second kappa shape index (κ2) is 8.59. The van der Waals surface area contributed by atoms with Crippen molar-refractivity contribution in [2.75, 3.05) is 24.7 Å². The standard InChI is InChI=1S/C17H22N2O5S2/c1-5-22-16(21)25-9-8-23-11-7-6-10(24-11)12-13(26-15(18)19-12)14(20)17(2,3)4/h6-7H,5,8-9H2,1-4H3,(H2,18,19). The van der Waals surface area contributed by atoms with Gasteiger partial charge in [0.05, 0.1) is 6.61 Å². The van der Waals surface area contributed by atoms with Crippen LogP contribution in [0, 0.1) is 5.41 Å². The Hall–Kier alpha value is -2.00. The van der Waals surface area contributed by atoms with E-state index in [-0.39, 0.29) is 23.6 Å². The van der Waals surface area contributed by atoms with Crippen molar-refractivity contribution in [3.05, 3.63) is 17.0 Å². The van der Waals surface area contributed by atoms with Crippen LogP contribution < -0.4 is 10.5 Å². The van der Waals surface area contributed by atoms with Gasteiger partial charge in [0.25, 0.3) is 5.95 Å². The van der Waals surface area contributed by atoms with E-state index in [2.05, 4.69) is 4.98 Å². The summed E-state index contributed by atoms with van der Waals surface area (Å²) in [5, 5.41) is -0.0307. The van der Waals surface area contributed by atoms with Crippen molar-refractivity contribution in [3.8, 4) is 17.4 Å². The molecule has 0 saturated heterocycles. The number of thioether (sulfide) groups is 1. The lowest BCUT2D eigenvalue weighted by Gasteiger charge is -2.15. The van der Waals surface area contributed by atoms with Crippen molar-refractivity contribution in [2.24, 2.45) is 5.41 Å². The third-order valence-electron chi connectivity index (χ3n) is 3.16. The number of nitrogens with zero attached hydrogens (tertiary/aromatic N) is 1. The molecule has 0 amide bonds. The Kier molecular flexibility index (Phi) is 6.71. The molecule has 0 aliphatic heterocycles. The molecule has 0 aromatic carbocycles. The average molecular weight is 399 g/mol. The summed E-state index contributed by atoms with van der Waals surface area (Å²) in [7, 11) is 0. The van der Waals surface area contributed by atoms with Gasteiger partial charge in [-0.15, -0.1) is 0 Å². The Morgan fingerprint density at radius 1 is 1.35 bits per heavy atom. The van der Waals surface area contributed by atoms with Gasteiger partial charge in [0.15, 0.2) is 16.7 Å². The predicted octanol–water partition coefficient (Wildman–Crippen LogP) is 4.48. The minimum atomic E-state index is -0.552. The number of anilines is 1. The highest BCUT2D eigenvalue weighted by atomic mass is 32.2. The summed E-state index contributed by atoms with van der Waals surface area (Å²) >= 11 is 2.18. The fourth-order valence-corrected chi connectivity index (χ4v) is 3.47. The van der Waals surface area contributed by atoms with Gasteiger partial charge in [0, 0.05) is 17.2 Å². The summed E-state index contributed by atoms with van der Waals surface area (Å²) < 4.78 is 15.9. The molecule has 2 rings (SSSR count). The molecule has 26 heavy (non-hydrogen) atoms. The Bertz CT molecular complexity index is 776. The highest BCUT2D eigenvalue weighted by molar-refractivity contribution is 8.13. The highest BCUT2D eigenvalue weighted by Gasteiger charge is 2.29. The SMILES string of the molecule is CCOC(=O)SCCOc1ccc(-c2nc(N)sc2C(=O)C(C)(C)C)o1. The summed E-state index contributed by atoms with van der Waals surface area (Å²) in [5.74, 6) is 1.09. The third-order valence-corrected chi connectivity index (χ3v) is 4.76. The highest BCUT2D eigenvalue weighted by Crippen LogP contribution is 2.36. The van der Waals surface area contributed by atoms with E-state index < -0.39 is 5.41 Å². The van der Waals surface area contributed by atoms with E-state index >= 15 is 0 Å². The Labute approximate surface area is 160 Å². The van der Waals surface area contributed by atoms with Crippen molar-refractivity contribution in [1.82, 2.24) is 4.98 Å². The second-order valence-electron chi connectivity index (χ2n) is 6.31. The Balaban J connectivity index is 2.04. The first-order valence-electron chi connectivity index (χ1n) is 8.06. The smallest absolute Gasteiger partial charge is 0.367 e. The van der Waals surface area contributed by atoms with Crippen molar-refractivity contribution in [1.29, 1.82) is 0 Å². The molecule has 0 aliphatic rings. The number of hydrogen-bond donors (Lipinski definition) is 1. The second-order valence-corrected chi connectivity index (χ2v) is 8.37. The molecule has 2 heterocycles. The molecule has 0 aliphatic carbocycles. The number of aromatic nitrogens is 1. The molecule has 0 atom stereocenters. The Morgan fingerprint density at radius 2 is 2.08 bits per heavy atom. The lowest BCUT2D eigenvalue weighted by molar-refractivity contribution is 0.0863.